The van der Waals surface area contributed by atoms with Crippen LogP contribution in [-0.2, 0) is 24.1 Å². The number of nitrogens with one attached hydrogen (secondary N) is 1. The standard InChI is InChI=1S/C19H22N6OS.C2HF3O2/c1-2-14-16(27-18(23-14)17-21-11-22-24-17)19(26)25-9-3-4-13-10-12(7-8-20)5-6-15(13)25;3-2(4,5)1(6)7/h5-6,10-11H,2-4,7-9,20H2,1H3,(H,21,22,24);(H,6,7). The van der Waals surface area contributed by atoms with Crippen LogP contribution in [0.4, 0.5) is 18.9 Å². The average Bonchev–Trinajstić information content (AvgIpc) is 3.48. The number of rotatable bonds is 5. The fourth-order valence-electron chi connectivity index (χ4n) is 3.47. The van der Waals surface area contributed by atoms with Gasteiger partial charge in [0.15, 0.2) is 10.8 Å². The first-order chi connectivity index (χ1) is 16.2. The van der Waals surface area contributed by atoms with Gasteiger partial charge in [-0.2, -0.15) is 18.3 Å². The molecule has 34 heavy (non-hydrogen) atoms. The van der Waals surface area contributed by atoms with E-state index in [4.69, 9.17) is 15.6 Å². The van der Waals surface area contributed by atoms with Gasteiger partial charge in [-0.1, -0.05) is 19.1 Å². The highest BCUT2D eigenvalue weighted by atomic mass is 32.1. The van der Waals surface area contributed by atoms with Gasteiger partial charge in [-0.15, -0.1) is 11.3 Å². The predicted octanol–water partition coefficient (Wildman–Crippen LogP) is 3.22. The normalized spacial score (nSPS) is 13.1. The molecule has 3 aromatic rings. The molecular weight excluding hydrogens is 473 g/mol. The summed E-state index contributed by atoms with van der Waals surface area (Å²) in [7, 11) is 0. The second-order valence-electron chi connectivity index (χ2n) is 7.35. The number of carbonyl (C=O) groups excluding carboxylic acids is 1. The van der Waals surface area contributed by atoms with E-state index in [0.717, 1.165) is 37.2 Å². The lowest BCUT2D eigenvalue weighted by molar-refractivity contribution is -0.192. The number of halogens is 3. The Morgan fingerprint density at radius 2 is 2.06 bits per heavy atom. The maximum absolute atomic E-state index is 13.4. The Labute approximate surface area is 196 Å². The quantitative estimate of drug-likeness (QED) is 0.493. The van der Waals surface area contributed by atoms with Crippen LogP contribution in [0.25, 0.3) is 10.8 Å². The van der Waals surface area contributed by atoms with Crippen molar-refractivity contribution >= 4 is 28.9 Å². The molecule has 182 valence electrons. The number of nitrogens with zero attached hydrogens (tertiary/aromatic N) is 4. The number of hydrogen-bond acceptors (Lipinski definition) is 7. The van der Waals surface area contributed by atoms with Crippen molar-refractivity contribution in [3.8, 4) is 10.8 Å². The number of fused-ring (bicyclic) bond motifs is 1. The van der Waals surface area contributed by atoms with Crippen molar-refractivity contribution in [1.82, 2.24) is 20.2 Å². The number of aromatic nitrogens is 4. The summed E-state index contributed by atoms with van der Waals surface area (Å²) in [6.07, 6.45) is -0.133. The molecule has 0 spiro atoms. The first kappa shape index (κ1) is 25.3. The van der Waals surface area contributed by atoms with Crippen molar-refractivity contribution in [2.24, 2.45) is 5.73 Å². The number of amides is 1. The van der Waals surface area contributed by atoms with E-state index in [0.29, 0.717) is 28.7 Å². The van der Waals surface area contributed by atoms with E-state index in [1.165, 1.54) is 28.8 Å². The molecule has 0 fully saturated rings. The number of nitrogens with two attached hydrogens (primary N) is 1. The van der Waals surface area contributed by atoms with Crippen molar-refractivity contribution in [3.05, 3.63) is 46.2 Å². The second kappa shape index (κ2) is 10.7. The number of aliphatic carboxylic acids is 1. The van der Waals surface area contributed by atoms with Gasteiger partial charge in [0.2, 0.25) is 0 Å². The minimum Gasteiger partial charge on any atom is -0.475 e. The van der Waals surface area contributed by atoms with Crippen molar-refractivity contribution < 1.29 is 27.9 Å². The summed E-state index contributed by atoms with van der Waals surface area (Å²) in [5, 5.41) is 14.5. The molecule has 0 saturated carbocycles. The van der Waals surface area contributed by atoms with Gasteiger partial charge in [0.05, 0.1) is 5.69 Å². The van der Waals surface area contributed by atoms with Crippen molar-refractivity contribution in [3.63, 3.8) is 0 Å². The van der Waals surface area contributed by atoms with Crippen molar-refractivity contribution in [2.75, 3.05) is 18.0 Å². The molecule has 3 heterocycles. The molecule has 2 aromatic heterocycles. The van der Waals surface area contributed by atoms with E-state index in [1.807, 2.05) is 11.8 Å². The smallest absolute Gasteiger partial charge is 0.475 e. The highest BCUT2D eigenvalue weighted by molar-refractivity contribution is 7.17. The number of hydrogen-bond donors (Lipinski definition) is 3. The van der Waals surface area contributed by atoms with Gasteiger partial charge in [0.25, 0.3) is 5.91 Å². The van der Waals surface area contributed by atoms with Crippen LogP contribution in [0.5, 0.6) is 0 Å². The highest BCUT2D eigenvalue weighted by Gasteiger charge is 2.38. The summed E-state index contributed by atoms with van der Waals surface area (Å²) in [5.41, 5.74) is 9.94. The molecule has 4 N–H and O–H groups in total. The number of thiazole rings is 1. The first-order valence-electron chi connectivity index (χ1n) is 10.4. The lowest BCUT2D eigenvalue weighted by atomic mass is 9.98. The summed E-state index contributed by atoms with van der Waals surface area (Å²) >= 11 is 1.38. The predicted molar refractivity (Wildman–Crippen MR) is 120 cm³/mol. The molecule has 0 aliphatic carbocycles. The molecule has 9 nitrogen and oxygen atoms in total. The van der Waals surface area contributed by atoms with E-state index in [-0.39, 0.29) is 5.91 Å². The zero-order chi connectivity index (χ0) is 24.9. The molecule has 1 aliphatic rings. The van der Waals surface area contributed by atoms with Crippen LogP contribution in [0.2, 0.25) is 0 Å². The van der Waals surface area contributed by atoms with E-state index in [1.54, 1.807) is 0 Å². The minimum absolute atomic E-state index is 0.0163. The summed E-state index contributed by atoms with van der Waals surface area (Å²) in [6, 6.07) is 6.32. The molecular formula is C21H23F3N6O3S. The van der Waals surface area contributed by atoms with Gasteiger partial charge < -0.3 is 15.7 Å². The summed E-state index contributed by atoms with van der Waals surface area (Å²) < 4.78 is 31.7. The molecule has 4 rings (SSSR count). The Morgan fingerprint density at radius 1 is 1.32 bits per heavy atom. The zero-order valence-corrected chi connectivity index (χ0v) is 19.0. The summed E-state index contributed by atoms with van der Waals surface area (Å²) in [6.45, 7) is 3.37. The molecule has 13 heteroatoms. The van der Waals surface area contributed by atoms with Gasteiger partial charge in [0, 0.05) is 12.2 Å². The van der Waals surface area contributed by atoms with Crippen LogP contribution in [0, 0.1) is 0 Å². The van der Waals surface area contributed by atoms with Crippen LogP contribution >= 0.6 is 11.3 Å². The number of anilines is 1. The average molecular weight is 497 g/mol. The number of aryl methyl sites for hydroxylation is 2. The summed E-state index contributed by atoms with van der Waals surface area (Å²) in [5.74, 6) is -2.14. The Morgan fingerprint density at radius 3 is 2.65 bits per heavy atom. The Balaban J connectivity index is 0.000000406. The SMILES string of the molecule is CCc1nc(-c2ncn[nH]2)sc1C(=O)N1CCCc2cc(CCN)ccc21.O=C(O)C(F)(F)F. The molecule has 0 atom stereocenters. The first-order valence-corrected chi connectivity index (χ1v) is 11.3. The van der Waals surface area contributed by atoms with E-state index in [9.17, 15) is 18.0 Å². The third kappa shape index (κ3) is 5.78. The fraction of sp³-hybridized carbons (Fsp3) is 0.381. The molecule has 0 bridgehead atoms. The molecule has 0 unspecified atom stereocenters. The number of benzene rings is 1. The fourth-order valence-corrected chi connectivity index (χ4v) is 4.52. The number of carboxylic acids is 1. The topological polar surface area (TPSA) is 138 Å². The maximum Gasteiger partial charge on any atom is 0.490 e. The van der Waals surface area contributed by atoms with Crippen LogP contribution in [0.3, 0.4) is 0 Å². The highest BCUT2D eigenvalue weighted by Crippen LogP contribution is 2.33. The van der Waals surface area contributed by atoms with Crippen LogP contribution in [0.15, 0.2) is 24.5 Å². The molecule has 1 aliphatic heterocycles. The van der Waals surface area contributed by atoms with E-state index >= 15 is 0 Å². The van der Waals surface area contributed by atoms with E-state index in [2.05, 4.69) is 38.4 Å². The maximum atomic E-state index is 13.4. The van der Waals surface area contributed by atoms with Gasteiger partial charge in [-0.25, -0.2) is 14.8 Å². The molecule has 1 amide bonds. The lowest BCUT2D eigenvalue weighted by Gasteiger charge is -2.29. The zero-order valence-electron chi connectivity index (χ0n) is 18.2. The van der Waals surface area contributed by atoms with Crippen LogP contribution in [-0.4, -0.2) is 56.4 Å². The minimum atomic E-state index is -5.08. The molecule has 1 aromatic carbocycles. The van der Waals surface area contributed by atoms with Gasteiger partial charge in [0.1, 0.15) is 11.2 Å². The number of alkyl halides is 3. The number of aromatic amines is 1. The molecule has 0 saturated heterocycles. The Hall–Kier alpha value is -3.32. The monoisotopic (exact) mass is 496 g/mol. The summed E-state index contributed by atoms with van der Waals surface area (Å²) in [4.78, 5) is 33.6. The Bertz CT molecular complexity index is 1150. The van der Waals surface area contributed by atoms with Crippen molar-refractivity contribution in [1.29, 1.82) is 0 Å². The number of carbonyl (C=O) groups is 2. The Kier molecular flexibility index (Phi) is 7.99. The van der Waals surface area contributed by atoms with Gasteiger partial charge in [-0.05, 0) is 49.4 Å². The third-order valence-electron chi connectivity index (χ3n) is 5.03. The van der Waals surface area contributed by atoms with Crippen LogP contribution in [0.1, 0.15) is 39.8 Å². The van der Waals surface area contributed by atoms with Gasteiger partial charge >= 0.3 is 12.1 Å². The lowest BCUT2D eigenvalue weighted by Crippen LogP contribution is -2.35. The van der Waals surface area contributed by atoms with E-state index < -0.39 is 12.1 Å². The largest absolute Gasteiger partial charge is 0.490 e. The van der Waals surface area contributed by atoms with Crippen molar-refractivity contribution in [2.45, 2.75) is 38.8 Å². The number of carboxylic acid groups (broad SMARTS) is 1. The molecule has 0 radical (unpaired) electrons. The van der Waals surface area contributed by atoms with Crippen LogP contribution < -0.4 is 10.6 Å². The number of H-pyrrole nitrogens is 1. The third-order valence-corrected chi connectivity index (χ3v) is 6.12. The second-order valence-corrected chi connectivity index (χ2v) is 8.35. The van der Waals surface area contributed by atoms with Gasteiger partial charge in [-0.3, -0.25) is 9.89 Å².